The van der Waals surface area contributed by atoms with Crippen molar-refractivity contribution in [3.8, 4) is 5.75 Å². The van der Waals surface area contributed by atoms with Crippen molar-refractivity contribution >= 4 is 27.5 Å². The second kappa shape index (κ2) is 10.6. The molecular formula is C27H23BrF3N3O2. The zero-order chi connectivity index (χ0) is 25.9. The number of carbonyl (C=O) groups is 1. The molecule has 0 unspecified atom stereocenters. The van der Waals surface area contributed by atoms with Gasteiger partial charge in [-0.3, -0.25) is 9.48 Å². The van der Waals surface area contributed by atoms with Crippen LogP contribution in [0.4, 0.5) is 18.9 Å². The van der Waals surface area contributed by atoms with E-state index in [0.29, 0.717) is 34.0 Å². The van der Waals surface area contributed by atoms with Crippen molar-refractivity contribution in [2.75, 3.05) is 5.32 Å². The fraction of sp³-hybridized carbons (Fsp3) is 0.185. The second-order valence-electron chi connectivity index (χ2n) is 8.28. The van der Waals surface area contributed by atoms with Crippen molar-refractivity contribution in [1.82, 2.24) is 9.78 Å². The summed E-state index contributed by atoms with van der Waals surface area (Å²) in [5.41, 5.74) is 2.78. The molecule has 36 heavy (non-hydrogen) atoms. The average molecular weight is 558 g/mol. The van der Waals surface area contributed by atoms with E-state index in [9.17, 15) is 18.0 Å². The molecule has 0 aliphatic heterocycles. The van der Waals surface area contributed by atoms with E-state index in [1.165, 1.54) is 6.07 Å². The summed E-state index contributed by atoms with van der Waals surface area (Å²) in [6.07, 6.45) is -4.42. The number of benzene rings is 3. The smallest absolute Gasteiger partial charge is 0.416 e. The molecule has 1 N–H and O–H groups in total. The standard InChI is InChI=1S/C27H23BrF3N3O2/c1-17-25(18(2)34(33-17)15-19-7-6-10-22(14-19)27(29,30)31)32-26(35)21-9-5-8-20(13-21)16-36-24-12-4-3-11-23(24)28/h3-14H,15-16H2,1-2H3,(H,32,35). The summed E-state index contributed by atoms with van der Waals surface area (Å²) < 4.78 is 47.4. The van der Waals surface area contributed by atoms with Gasteiger partial charge in [-0.05, 0) is 77.3 Å². The average Bonchev–Trinajstić information content (AvgIpc) is 3.10. The van der Waals surface area contributed by atoms with Gasteiger partial charge >= 0.3 is 6.18 Å². The molecule has 0 radical (unpaired) electrons. The van der Waals surface area contributed by atoms with Crippen LogP contribution in [-0.4, -0.2) is 15.7 Å². The highest BCUT2D eigenvalue weighted by Gasteiger charge is 2.30. The molecule has 0 aliphatic rings. The third-order valence-electron chi connectivity index (χ3n) is 5.63. The van der Waals surface area contributed by atoms with Gasteiger partial charge in [-0.25, -0.2) is 0 Å². The van der Waals surface area contributed by atoms with Crippen molar-refractivity contribution in [2.45, 2.75) is 33.2 Å². The number of carbonyl (C=O) groups excluding carboxylic acids is 1. The van der Waals surface area contributed by atoms with E-state index < -0.39 is 11.7 Å². The van der Waals surface area contributed by atoms with Gasteiger partial charge < -0.3 is 10.1 Å². The topological polar surface area (TPSA) is 56.2 Å². The molecular weight excluding hydrogens is 535 g/mol. The second-order valence-corrected chi connectivity index (χ2v) is 9.13. The lowest BCUT2D eigenvalue weighted by molar-refractivity contribution is -0.137. The number of alkyl halides is 3. The van der Waals surface area contributed by atoms with Gasteiger partial charge in [0.15, 0.2) is 0 Å². The van der Waals surface area contributed by atoms with Gasteiger partial charge in [-0.2, -0.15) is 18.3 Å². The van der Waals surface area contributed by atoms with E-state index >= 15 is 0 Å². The minimum absolute atomic E-state index is 0.147. The van der Waals surface area contributed by atoms with Gasteiger partial charge in [-0.15, -0.1) is 0 Å². The van der Waals surface area contributed by atoms with Crippen molar-refractivity contribution < 1.29 is 22.7 Å². The van der Waals surface area contributed by atoms with Crippen molar-refractivity contribution in [1.29, 1.82) is 0 Å². The molecule has 4 rings (SSSR count). The van der Waals surface area contributed by atoms with Crippen LogP contribution in [0.25, 0.3) is 0 Å². The van der Waals surface area contributed by atoms with Crippen LogP contribution >= 0.6 is 15.9 Å². The molecule has 1 heterocycles. The largest absolute Gasteiger partial charge is 0.488 e. The summed E-state index contributed by atoms with van der Waals surface area (Å²) in [6.45, 7) is 3.95. The van der Waals surface area contributed by atoms with Crippen molar-refractivity contribution in [3.63, 3.8) is 0 Å². The Hall–Kier alpha value is -3.59. The number of hydrogen-bond acceptors (Lipinski definition) is 3. The van der Waals surface area contributed by atoms with Crippen LogP contribution in [0.5, 0.6) is 5.75 Å². The number of rotatable bonds is 7. The minimum atomic E-state index is -4.42. The fourth-order valence-electron chi connectivity index (χ4n) is 3.76. The van der Waals surface area contributed by atoms with Gasteiger partial charge in [0.2, 0.25) is 0 Å². The number of nitrogens with one attached hydrogen (secondary N) is 1. The molecule has 5 nitrogen and oxygen atoms in total. The van der Waals surface area contributed by atoms with Crippen molar-refractivity contribution in [3.05, 3.63) is 111 Å². The Morgan fingerprint density at radius 3 is 2.47 bits per heavy atom. The van der Waals surface area contributed by atoms with E-state index in [1.807, 2.05) is 30.3 Å². The maximum atomic E-state index is 13.1. The van der Waals surface area contributed by atoms with Crippen LogP contribution in [0.3, 0.4) is 0 Å². The number of ether oxygens (including phenoxy) is 1. The summed E-state index contributed by atoms with van der Waals surface area (Å²) in [6, 6.07) is 19.8. The Bertz CT molecular complexity index is 1400. The van der Waals surface area contributed by atoms with E-state index in [1.54, 1.807) is 42.8 Å². The van der Waals surface area contributed by atoms with Gasteiger partial charge in [0.25, 0.3) is 5.91 Å². The number of amides is 1. The van der Waals surface area contributed by atoms with Gasteiger partial charge in [-0.1, -0.05) is 36.4 Å². The lowest BCUT2D eigenvalue weighted by Crippen LogP contribution is -2.14. The third kappa shape index (κ3) is 5.96. The molecule has 0 spiro atoms. The highest BCUT2D eigenvalue weighted by atomic mass is 79.9. The maximum absolute atomic E-state index is 13.1. The monoisotopic (exact) mass is 557 g/mol. The summed E-state index contributed by atoms with van der Waals surface area (Å²) in [4.78, 5) is 13.0. The normalized spacial score (nSPS) is 11.4. The quantitative estimate of drug-likeness (QED) is 0.262. The van der Waals surface area contributed by atoms with Crippen LogP contribution in [-0.2, 0) is 19.3 Å². The first-order chi connectivity index (χ1) is 17.1. The summed E-state index contributed by atoms with van der Waals surface area (Å²) in [7, 11) is 0. The molecule has 0 saturated heterocycles. The Kier molecular flexibility index (Phi) is 7.49. The van der Waals surface area contributed by atoms with E-state index in [2.05, 4.69) is 26.3 Å². The van der Waals surface area contributed by atoms with E-state index in [0.717, 1.165) is 22.2 Å². The predicted octanol–water partition coefficient (Wildman–Crippen LogP) is 7.16. The number of hydrogen-bond donors (Lipinski definition) is 1. The van der Waals surface area contributed by atoms with Crippen molar-refractivity contribution in [2.24, 2.45) is 0 Å². The van der Waals surface area contributed by atoms with Crippen LogP contribution in [0.15, 0.2) is 77.3 Å². The lowest BCUT2D eigenvalue weighted by atomic mass is 10.1. The molecule has 0 bridgehead atoms. The van der Waals surface area contributed by atoms with Crippen LogP contribution in [0.2, 0.25) is 0 Å². The molecule has 0 aliphatic carbocycles. The fourth-order valence-corrected chi connectivity index (χ4v) is 4.16. The number of anilines is 1. The summed E-state index contributed by atoms with van der Waals surface area (Å²) in [5.74, 6) is 0.384. The van der Waals surface area contributed by atoms with Gasteiger partial charge in [0, 0.05) is 5.56 Å². The van der Waals surface area contributed by atoms with E-state index in [-0.39, 0.29) is 19.1 Å². The zero-order valence-corrected chi connectivity index (χ0v) is 21.2. The number of nitrogens with zero attached hydrogens (tertiary/aromatic N) is 2. The first-order valence-corrected chi connectivity index (χ1v) is 11.9. The van der Waals surface area contributed by atoms with Crippen LogP contribution in [0, 0.1) is 13.8 Å². The zero-order valence-electron chi connectivity index (χ0n) is 19.6. The lowest BCUT2D eigenvalue weighted by Gasteiger charge is -2.11. The van der Waals surface area contributed by atoms with Gasteiger partial charge in [0.05, 0.1) is 33.7 Å². The molecule has 1 aromatic heterocycles. The highest BCUT2D eigenvalue weighted by Crippen LogP contribution is 2.30. The number of halogens is 4. The summed E-state index contributed by atoms with van der Waals surface area (Å²) >= 11 is 3.45. The SMILES string of the molecule is Cc1nn(Cc2cccc(C(F)(F)F)c2)c(C)c1NC(=O)c1cccc(COc2ccccc2Br)c1. The Balaban J connectivity index is 1.47. The number of aromatic nitrogens is 2. The molecule has 3 aromatic carbocycles. The Labute approximate surface area is 215 Å². The highest BCUT2D eigenvalue weighted by molar-refractivity contribution is 9.10. The molecule has 0 atom stereocenters. The van der Waals surface area contributed by atoms with E-state index in [4.69, 9.17) is 4.74 Å². The molecule has 9 heteroatoms. The molecule has 186 valence electrons. The molecule has 0 saturated carbocycles. The Morgan fingerprint density at radius 1 is 1.00 bits per heavy atom. The number of para-hydroxylation sites is 1. The Morgan fingerprint density at radius 2 is 1.72 bits per heavy atom. The minimum Gasteiger partial charge on any atom is -0.488 e. The molecule has 1 amide bonds. The summed E-state index contributed by atoms with van der Waals surface area (Å²) in [5, 5.41) is 7.33. The van der Waals surface area contributed by atoms with Crippen LogP contribution in [0.1, 0.15) is 38.4 Å². The van der Waals surface area contributed by atoms with Gasteiger partial charge in [0.1, 0.15) is 12.4 Å². The molecule has 4 aromatic rings. The first-order valence-electron chi connectivity index (χ1n) is 11.1. The number of aryl methyl sites for hydroxylation is 1. The van der Waals surface area contributed by atoms with Crippen LogP contribution < -0.4 is 10.1 Å². The maximum Gasteiger partial charge on any atom is 0.416 e. The third-order valence-corrected chi connectivity index (χ3v) is 6.28. The first kappa shape index (κ1) is 25.5. The predicted molar refractivity (Wildman–Crippen MR) is 135 cm³/mol. The molecule has 0 fully saturated rings.